The van der Waals surface area contributed by atoms with Crippen LogP contribution in [0.25, 0.3) is 5.57 Å². The predicted molar refractivity (Wildman–Crippen MR) is 120 cm³/mol. The number of hydrogen-bond donors (Lipinski definition) is 1. The normalized spacial score (nSPS) is 13.6. The van der Waals surface area contributed by atoms with Crippen LogP contribution in [0.2, 0.25) is 0 Å². The fourth-order valence-electron chi connectivity index (χ4n) is 3.51. The number of carbonyl (C=O) groups excluding carboxylic acids is 2. The van der Waals surface area contributed by atoms with E-state index in [1.165, 1.54) is 38.5 Å². The van der Waals surface area contributed by atoms with Crippen molar-refractivity contribution in [1.82, 2.24) is 0 Å². The Morgan fingerprint density at radius 1 is 0.812 bits per heavy atom. The highest BCUT2D eigenvalue weighted by molar-refractivity contribution is 6.46. The number of imide groups is 1. The highest BCUT2D eigenvalue weighted by Gasteiger charge is 2.40. The number of benzene rings is 3. The van der Waals surface area contributed by atoms with Crippen molar-refractivity contribution in [2.24, 2.45) is 0 Å². The average molecular weight is 432 g/mol. The van der Waals surface area contributed by atoms with Crippen LogP contribution in [0.15, 0.2) is 72.4 Å². The summed E-state index contributed by atoms with van der Waals surface area (Å²) in [6, 6.07) is 17.7. The lowest BCUT2D eigenvalue weighted by atomic mass is 10.0. The van der Waals surface area contributed by atoms with Gasteiger partial charge in [0.15, 0.2) is 11.5 Å². The Balaban J connectivity index is 1.84. The molecule has 3 aromatic rings. The molecule has 6 nitrogen and oxygen atoms in total. The molecule has 32 heavy (non-hydrogen) atoms. The molecule has 0 aliphatic carbocycles. The SMILES string of the molecule is COc1ccc(C2=C(Nc3ccc(C)cc3)C(=O)N(c3ccc(F)cc3)C2=O)cc1OC. The van der Waals surface area contributed by atoms with Gasteiger partial charge in [-0.15, -0.1) is 0 Å². The number of methoxy groups -OCH3 is 2. The maximum Gasteiger partial charge on any atom is 0.282 e. The number of amides is 2. The lowest BCUT2D eigenvalue weighted by Crippen LogP contribution is -2.32. The molecule has 0 fully saturated rings. The second kappa shape index (κ2) is 8.55. The lowest BCUT2D eigenvalue weighted by Gasteiger charge is -2.15. The third-order valence-electron chi connectivity index (χ3n) is 5.16. The summed E-state index contributed by atoms with van der Waals surface area (Å²) in [7, 11) is 3.01. The van der Waals surface area contributed by atoms with Crippen LogP contribution in [0.5, 0.6) is 11.5 Å². The molecule has 4 rings (SSSR count). The second-order valence-electron chi connectivity index (χ2n) is 7.23. The summed E-state index contributed by atoms with van der Waals surface area (Å²) in [5.41, 5.74) is 2.79. The number of aryl methyl sites for hydroxylation is 1. The van der Waals surface area contributed by atoms with E-state index in [1.54, 1.807) is 18.2 Å². The van der Waals surface area contributed by atoms with Gasteiger partial charge in [0.1, 0.15) is 11.5 Å². The number of ether oxygens (including phenoxy) is 2. The third kappa shape index (κ3) is 3.80. The molecular weight excluding hydrogens is 411 g/mol. The van der Waals surface area contributed by atoms with Crippen molar-refractivity contribution in [2.75, 3.05) is 24.4 Å². The molecule has 0 unspecified atom stereocenters. The van der Waals surface area contributed by atoms with Crippen LogP contribution in [0.3, 0.4) is 0 Å². The summed E-state index contributed by atoms with van der Waals surface area (Å²) < 4.78 is 24.1. The third-order valence-corrected chi connectivity index (χ3v) is 5.16. The fraction of sp³-hybridized carbons (Fsp3) is 0.120. The molecule has 7 heteroatoms. The standard InChI is InChI=1S/C25H21FN2O4/c1-15-4-9-18(10-5-15)27-23-22(16-6-13-20(31-2)21(14-16)32-3)24(29)28(25(23)30)19-11-7-17(26)8-12-19/h4-14,27H,1-3H3. The number of rotatable bonds is 6. The summed E-state index contributed by atoms with van der Waals surface area (Å²) in [5.74, 6) is -0.598. The van der Waals surface area contributed by atoms with Crippen molar-refractivity contribution in [1.29, 1.82) is 0 Å². The Morgan fingerprint density at radius 3 is 2.09 bits per heavy atom. The largest absolute Gasteiger partial charge is 0.493 e. The van der Waals surface area contributed by atoms with Gasteiger partial charge < -0.3 is 14.8 Å². The van der Waals surface area contributed by atoms with Gasteiger partial charge in [0, 0.05) is 5.69 Å². The van der Waals surface area contributed by atoms with E-state index in [9.17, 15) is 14.0 Å². The predicted octanol–water partition coefficient (Wildman–Crippen LogP) is 4.55. The van der Waals surface area contributed by atoms with E-state index in [2.05, 4.69) is 5.32 Å². The van der Waals surface area contributed by atoms with Crippen LogP contribution in [0, 0.1) is 12.7 Å². The molecule has 1 aliphatic heterocycles. The first-order valence-corrected chi connectivity index (χ1v) is 9.87. The van der Waals surface area contributed by atoms with E-state index in [1.807, 2.05) is 31.2 Å². The van der Waals surface area contributed by atoms with E-state index >= 15 is 0 Å². The minimum Gasteiger partial charge on any atom is -0.493 e. The van der Waals surface area contributed by atoms with Gasteiger partial charge in [-0.25, -0.2) is 9.29 Å². The Kier molecular flexibility index (Phi) is 5.64. The summed E-state index contributed by atoms with van der Waals surface area (Å²) in [5, 5.41) is 3.10. The summed E-state index contributed by atoms with van der Waals surface area (Å²) in [6.07, 6.45) is 0. The van der Waals surface area contributed by atoms with Crippen LogP contribution in [-0.4, -0.2) is 26.0 Å². The molecule has 1 aliphatic rings. The number of nitrogens with one attached hydrogen (secondary N) is 1. The van der Waals surface area contributed by atoms with Gasteiger partial charge in [0.05, 0.1) is 25.5 Å². The molecule has 162 valence electrons. The first-order chi connectivity index (χ1) is 15.4. The van der Waals surface area contributed by atoms with Crippen molar-refractivity contribution in [3.8, 4) is 11.5 Å². The van der Waals surface area contributed by atoms with Crippen LogP contribution < -0.4 is 19.7 Å². The zero-order chi connectivity index (χ0) is 22.8. The van der Waals surface area contributed by atoms with Crippen LogP contribution in [-0.2, 0) is 9.59 Å². The number of anilines is 2. The van der Waals surface area contributed by atoms with Crippen molar-refractivity contribution in [2.45, 2.75) is 6.92 Å². The van der Waals surface area contributed by atoms with E-state index in [0.717, 1.165) is 10.5 Å². The Bertz CT molecular complexity index is 1220. The Morgan fingerprint density at radius 2 is 1.47 bits per heavy atom. The minimum atomic E-state index is -0.535. The fourth-order valence-corrected chi connectivity index (χ4v) is 3.51. The number of hydrogen-bond acceptors (Lipinski definition) is 5. The molecule has 0 aromatic heterocycles. The van der Waals surface area contributed by atoms with E-state index in [4.69, 9.17) is 9.47 Å². The number of carbonyl (C=O) groups is 2. The van der Waals surface area contributed by atoms with Gasteiger partial charge in [-0.3, -0.25) is 9.59 Å². The van der Waals surface area contributed by atoms with E-state index in [-0.39, 0.29) is 17.0 Å². The van der Waals surface area contributed by atoms with E-state index in [0.29, 0.717) is 22.7 Å². The highest BCUT2D eigenvalue weighted by Crippen LogP contribution is 2.37. The molecule has 0 atom stereocenters. The molecule has 0 spiro atoms. The Labute approximate surface area is 184 Å². The second-order valence-corrected chi connectivity index (χ2v) is 7.23. The topological polar surface area (TPSA) is 67.9 Å². The van der Waals surface area contributed by atoms with Crippen LogP contribution >= 0.6 is 0 Å². The lowest BCUT2D eigenvalue weighted by molar-refractivity contribution is -0.120. The van der Waals surface area contributed by atoms with Crippen molar-refractivity contribution >= 4 is 28.8 Å². The first kappa shape index (κ1) is 21.1. The monoisotopic (exact) mass is 432 g/mol. The number of nitrogens with zero attached hydrogens (tertiary/aromatic N) is 1. The molecule has 0 saturated heterocycles. The maximum absolute atomic E-state index is 13.5. The summed E-state index contributed by atoms with van der Waals surface area (Å²) >= 11 is 0. The quantitative estimate of drug-likeness (QED) is 0.579. The minimum absolute atomic E-state index is 0.121. The van der Waals surface area contributed by atoms with Gasteiger partial charge in [-0.1, -0.05) is 23.8 Å². The molecule has 1 N–H and O–H groups in total. The molecule has 3 aromatic carbocycles. The smallest absolute Gasteiger partial charge is 0.282 e. The van der Waals surface area contributed by atoms with Crippen molar-refractivity contribution in [3.63, 3.8) is 0 Å². The van der Waals surface area contributed by atoms with Crippen molar-refractivity contribution < 1.29 is 23.5 Å². The maximum atomic E-state index is 13.5. The zero-order valence-electron chi connectivity index (χ0n) is 17.8. The van der Waals surface area contributed by atoms with Gasteiger partial charge in [-0.2, -0.15) is 0 Å². The number of halogens is 1. The van der Waals surface area contributed by atoms with Gasteiger partial charge >= 0.3 is 0 Å². The Hall–Kier alpha value is -4.13. The summed E-state index contributed by atoms with van der Waals surface area (Å²) in [4.78, 5) is 27.9. The van der Waals surface area contributed by atoms with Crippen molar-refractivity contribution in [3.05, 3.63) is 89.4 Å². The average Bonchev–Trinajstić information content (AvgIpc) is 3.04. The molecule has 0 saturated carbocycles. The molecular formula is C25H21FN2O4. The van der Waals surface area contributed by atoms with E-state index < -0.39 is 17.6 Å². The molecule has 2 amide bonds. The van der Waals surface area contributed by atoms with Crippen LogP contribution in [0.4, 0.5) is 15.8 Å². The zero-order valence-corrected chi connectivity index (χ0v) is 17.8. The van der Waals surface area contributed by atoms with Gasteiger partial charge in [0.25, 0.3) is 11.8 Å². The molecule has 1 heterocycles. The molecule has 0 bridgehead atoms. The highest BCUT2D eigenvalue weighted by atomic mass is 19.1. The van der Waals surface area contributed by atoms with Gasteiger partial charge in [-0.05, 0) is 61.0 Å². The summed E-state index contributed by atoms with van der Waals surface area (Å²) in [6.45, 7) is 1.96. The molecule has 0 radical (unpaired) electrons. The van der Waals surface area contributed by atoms with Gasteiger partial charge in [0.2, 0.25) is 0 Å². The first-order valence-electron chi connectivity index (χ1n) is 9.87. The van der Waals surface area contributed by atoms with Crippen LogP contribution in [0.1, 0.15) is 11.1 Å².